The van der Waals surface area contributed by atoms with Crippen LogP contribution in [0.3, 0.4) is 0 Å². The van der Waals surface area contributed by atoms with Crippen LogP contribution in [-0.4, -0.2) is 29.5 Å². The van der Waals surface area contributed by atoms with E-state index in [1.807, 2.05) is 0 Å². The second kappa shape index (κ2) is 7.07. The quantitative estimate of drug-likeness (QED) is 0.763. The molecule has 0 aliphatic carbocycles. The number of aromatic hydroxyl groups is 2. The number of aliphatic hydroxyl groups excluding tert-OH is 1. The number of ether oxygens (including phenoxy) is 2. The zero-order valence-electron chi connectivity index (χ0n) is 13.1. The van der Waals surface area contributed by atoms with Crippen molar-refractivity contribution in [3.63, 3.8) is 0 Å². The van der Waals surface area contributed by atoms with Gasteiger partial charge in [0.15, 0.2) is 23.0 Å². The first-order valence-corrected chi connectivity index (χ1v) is 7.07. The normalized spacial score (nSPS) is 11.8. The molecule has 0 saturated carbocycles. The zero-order valence-corrected chi connectivity index (χ0v) is 13.1. The van der Waals surface area contributed by atoms with Crippen LogP contribution in [0.2, 0.25) is 0 Å². The number of hydrogen-bond donors (Lipinski definition) is 3. The van der Waals surface area contributed by atoms with Gasteiger partial charge in [0.05, 0.1) is 20.3 Å². The second-order valence-corrected chi connectivity index (χ2v) is 5.09. The Morgan fingerprint density at radius 1 is 1.09 bits per heavy atom. The summed E-state index contributed by atoms with van der Waals surface area (Å²) in [6.07, 6.45) is 0.944. The molecule has 0 amide bonds. The highest BCUT2D eigenvalue weighted by Crippen LogP contribution is 2.36. The average Bonchev–Trinajstić information content (AvgIpc) is 2.56. The Kier molecular flexibility index (Phi) is 5.13. The maximum atomic E-state index is 10.4. The van der Waals surface area contributed by atoms with Crippen LogP contribution < -0.4 is 9.47 Å². The van der Waals surface area contributed by atoms with Crippen LogP contribution in [0.5, 0.6) is 23.0 Å². The monoisotopic (exact) mass is 316 g/mol. The molecule has 0 aliphatic heterocycles. The molecule has 0 fully saturated rings. The van der Waals surface area contributed by atoms with Crippen LogP contribution in [0.15, 0.2) is 36.9 Å². The maximum Gasteiger partial charge on any atom is 0.161 e. The van der Waals surface area contributed by atoms with Crippen molar-refractivity contribution in [2.45, 2.75) is 12.5 Å². The van der Waals surface area contributed by atoms with Crippen molar-refractivity contribution in [3.05, 3.63) is 53.6 Å². The van der Waals surface area contributed by atoms with Gasteiger partial charge >= 0.3 is 0 Å². The van der Waals surface area contributed by atoms with Gasteiger partial charge in [-0.1, -0.05) is 18.7 Å². The zero-order chi connectivity index (χ0) is 17.0. The molecule has 0 saturated heterocycles. The first kappa shape index (κ1) is 16.7. The van der Waals surface area contributed by atoms with E-state index < -0.39 is 6.10 Å². The maximum absolute atomic E-state index is 10.4. The van der Waals surface area contributed by atoms with Gasteiger partial charge in [0.1, 0.15) is 0 Å². The fourth-order valence-electron chi connectivity index (χ4n) is 2.35. The van der Waals surface area contributed by atoms with Crippen molar-refractivity contribution in [3.8, 4) is 23.0 Å². The molecule has 2 aromatic rings. The molecule has 0 spiro atoms. The van der Waals surface area contributed by atoms with E-state index in [-0.39, 0.29) is 23.7 Å². The van der Waals surface area contributed by atoms with E-state index in [0.717, 1.165) is 5.56 Å². The van der Waals surface area contributed by atoms with Crippen LogP contribution in [0.4, 0.5) is 0 Å². The minimum atomic E-state index is -0.875. The number of rotatable bonds is 6. The molecule has 0 radical (unpaired) electrons. The molecule has 0 heterocycles. The lowest BCUT2D eigenvalue weighted by atomic mass is 9.98. The summed E-state index contributed by atoms with van der Waals surface area (Å²) in [7, 11) is 2.91. The molecule has 23 heavy (non-hydrogen) atoms. The lowest BCUT2D eigenvalue weighted by Gasteiger charge is -2.16. The first-order chi connectivity index (χ1) is 11.0. The summed E-state index contributed by atoms with van der Waals surface area (Å²) < 4.78 is 10.2. The molecule has 5 nitrogen and oxygen atoms in total. The van der Waals surface area contributed by atoms with E-state index in [0.29, 0.717) is 16.9 Å². The third kappa shape index (κ3) is 3.57. The molecule has 0 aromatic heterocycles. The number of phenols is 2. The molecule has 2 rings (SSSR count). The average molecular weight is 316 g/mol. The van der Waals surface area contributed by atoms with Gasteiger partial charge in [0, 0.05) is 12.0 Å². The Hall–Kier alpha value is -2.66. The number of phenolic OH excluding ortho intramolecular Hbond substituents is 2. The third-order valence-corrected chi connectivity index (χ3v) is 3.63. The number of aliphatic hydroxyl groups is 1. The van der Waals surface area contributed by atoms with E-state index in [1.54, 1.807) is 30.3 Å². The van der Waals surface area contributed by atoms with Gasteiger partial charge in [0.25, 0.3) is 0 Å². The van der Waals surface area contributed by atoms with Crippen LogP contribution in [0, 0.1) is 0 Å². The van der Waals surface area contributed by atoms with Crippen LogP contribution >= 0.6 is 0 Å². The molecule has 0 aliphatic rings. The largest absolute Gasteiger partial charge is 0.504 e. The Morgan fingerprint density at radius 3 is 2.39 bits per heavy atom. The first-order valence-electron chi connectivity index (χ1n) is 7.07. The summed E-state index contributed by atoms with van der Waals surface area (Å²) in [5, 5.41) is 30.2. The molecule has 2 aromatic carbocycles. The third-order valence-electron chi connectivity index (χ3n) is 3.63. The van der Waals surface area contributed by atoms with E-state index in [2.05, 4.69) is 6.58 Å². The van der Waals surface area contributed by atoms with Crippen molar-refractivity contribution in [2.75, 3.05) is 14.2 Å². The van der Waals surface area contributed by atoms with E-state index in [9.17, 15) is 15.3 Å². The topological polar surface area (TPSA) is 79.2 Å². The Balaban J connectivity index is 2.33. The Morgan fingerprint density at radius 2 is 1.78 bits per heavy atom. The van der Waals surface area contributed by atoms with Gasteiger partial charge in [-0.15, -0.1) is 0 Å². The molecule has 1 unspecified atom stereocenters. The van der Waals surface area contributed by atoms with Crippen LogP contribution in [0.25, 0.3) is 6.08 Å². The highest BCUT2D eigenvalue weighted by molar-refractivity contribution is 5.58. The molecule has 0 bridgehead atoms. The van der Waals surface area contributed by atoms with E-state index >= 15 is 0 Å². The summed E-state index contributed by atoms with van der Waals surface area (Å²) in [4.78, 5) is 0. The minimum Gasteiger partial charge on any atom is -0.504 e. The number of methoxy groups -OCH3 is 2. The highest BCUT2D eigenvalue weighted by Gasteiger charge is 2.16. The van der Waals surface area contributed by atoms with Crippen molar-refractivity contribution < 1.29 is 24.8 Å². The predicted molar refractivity (Wildman–Crippen MR) is 88.1 cm³/mol. The van der Waals surface area contributed by atoms with Gasteiger partial charge in [0.2, 0.25) is 0 Å². The molecule has 5 heteroatoms. The fraction of sp³-hybridized carbons (Fsp3) is 0.222. The van der Waals surface area contributed by atoms with Gasteiger partial charge in [-0.2, -0.15) is 0 Å². The second-order valence-electron chi connectivity index (χ2n) is 5.09. The molecule has 122 valence electrons. The van der Waals surface area contributed by atoms with E-state index in [1.165, 1.54) is 20.3 Å². The van der Waals surface area contributed by atoms with Crippen LogP contribution in [0.1, 0.15) is 22.8 Å². The summed E-state index contributed by atoms with van der Waals surface area (Å²) in [5.41, 5.74) is 1.89. The smallest absolute Gasteiger partial charge is 0.161 e. The summed E-state index contributed by atoms with van der Waals surface area (Å²) in [6.45, 7) is 3.70. The van der Waals surface area contributed by atoms with Gasteiger partial charge in [-0.25, -0.2) is 0 Å². The molecular formula is C18H20O5. The van der Waals surface area contributed by atoms with E-state index in [4.69, 9.17) is 9.47 Å². The van der Waals surface area contributed by atoms with Crippen molar-refractivity contribution in [1.82, 2.24) is 0 Å². The standard InChI is InChI=1S/C18H20O5/c1-4-11-7-13(18(21)17(8-11)23-3)9-15(20)12-5-6-14(19)16(10-12)22-2/h4-8,10,15,19-21H,1,9H2,2-3H3. The highest BCUT2D eigenvalue weighted by atomic mass is 16.5. The molecule has 1 atom stereocenters. The number of hydrogen-bond acceptors (Lipinski definition) is 5. The van der Waals surface area contributed by atoms with Gasteiger partial charge in [-0.3, -0.25) is 0 Å². The number of benzene rings is 2. The lowest BCUT2D eigenvalue weighted by Crippen LogP contribution is -2.03. The van der Waals surface area contributed by atoms with Crippen molar-refractivity contribution >= 4 is 6.08 Å². The van der Waals surface area contributed by atoms with Gasteiger partial charge in [-0.05, 0) is 35.4 Å². The minimum absolute atomic E-state index is 0.00150. The Labute approximate surface area is 135 Å². The molecular weight excluding hydrogens is 296 g/mol. The molecule has 3 N–H and O–H groups in total. The summed E-state index contributed by atoms with van der Waals surface area (Å²) in [6, 6.07) is 8.03. The summed E-state index contributed by atoms with van der Waals surface area (Å²) >= 11 is 0. The van der Waals surface area contributed by atoms with Crippen molar-refractivity contribution in [2.24, 2.45) is 0 Å². The lowest BCUT2D eigenvalue weighted by molar-refractivity contribution is 0.176. The summed E-state index contributed by atoms with van der Waals surface area (Å²) in [5.74, 6) is 0.598. The van der Waals surface area contributed by atoms with Crippen LogP contribution in [-0.2, 0) is 6.42 Å². The van der Waals surface area contributed by atoms with Gasteiger partial charge < -0.3 is 24.8 Å². The van der Waals surface area contributed by atoms with Crippen molar-refractivity contribution in [1.29, 1.82) is 0 Å². The fourth-order valence-corrected chi connectivity index (χ4v) is 2.35. The predicted octanol–water partition coefficient (Wildman–Crippen LogP) is 3.03. The Bertz CT molecular complexity index is 709. The SMILES string of the molecule is C=Cc1cc(CC(O)c2ccc(O)c(OC)c2)c(O)c(OC)c1.